The smallest absolute Gasteiger partial charge is 0.323 e. The first-order valence-corrected chi connectivity index (χ1v) is 11.5. The number of benzene rings is 3. The molecule has 0 bridgehead atoms. The van der Waals surface area contributed by atoms with E-state index in [1.54, 1.807) is 30.5 Å². The van der Waals surface area contributed by atoms with Gasteiger partial charge in [-0.1, -0.05) is 6.07 Å². The highest BCUT2D eigenvalue weighted by molar-refractivity contribution is 5.99. The number of halogens is 2. The van der Waals surface area contributed by atoms with Crippen LogP contribution in [0.1, 0.15) is 5.69 Å². The third kappa shape index (κ3) is 5.91. The number of anilines is 2. The molecule has 1 aliphatic rings. The van der Waals surface area contributed by atoms with E-state index in [0.717, 1.165) is 31.9 Å². The maximum atomic E-state index is 14.5. The minimum absolute atomic E-state index is 0.0668. The van der Waals surface area contributed by atoms with Gasteiger partial charge in [0.15, 0.2) is 11.6 Å². The maximum Gasteiger partial charge on any atom is 0.323 e. The number of fused-ring (bicyclic) bond motifs is 1. The molecule has 8 nitrogen and oxygen atoms in total. The van der Waals surface area contributed by atoms with Crippen LogP contribution in [-0.2, 0) is 6.54 Å². The average molecular weight is 491 g/mol. The van der Waals surface area contributed by atoms with E-state index in [2.05, 4.69) is 25.8 Å². The number of nitrogens with zero attached hydrogens (tertiary/aromatic N) is 3. The van der Waals surface area contributed by atoms with Crippen molar-refractivity contribution in [2.24, 2.45) is 0 Å². The lowest BCUT2D eigenvalue weighted by Crippen LogP contribution is -2.43. The summed E-state index contributed by atoms with van der Waals surface area (Å²) in [7, 11) is 0. The van der Waals surface area contributed by atoms with E-state index in [1.807, 2.05) is 0 Å². The van der Waals surface area contributed by atoms with Crippen molar-refractivity contribution in [3.63, 3.8) is 0 Å². The zero-order valence-corrected chi connectivity index (χ0v) is 19.3. The van der Waals surface area contributed by atoms with Gasteiger partial charge < -0.3 is 20.7 Å². The zero-order valence-electron chi connectivity index (χ0n) is 19.3. The van der Waals surface area contributed by atoms with Crippen LogP contribution in [-0.4, -0.2) is 47.1 Å². The summed E-state index contributed by atoms with van der Waals surface area (Å²) in [5.41, 5.74) is 2.79. The maximum absolute atomic E-state index is 14.5. The minimum Gasteiger partial charge on any atom is -0.454 e. The molecular formula is C26H24F2N6O2. The van der Waals surface area contributed by atoms with Crippen molar-refractivity contribution in [1.82, 2.24) is 20.2 Å². The predicted octanol–water partition coefficient (Wildman–Crippen LogP) is 4.75. The third-order valence-corrected chi connectivity index (χ3v) is 5.66. The van der Waals surface area contributed by atoms with E-state index >= 15 is 0 Å². The van der Waals surface area contributed by atoms with Gasteiger partial charge in [0.05, 0.1) is 22.9 Å². The summed E-state index contributed by atoms with van der Waals surface area (Å²) in [5, 5.41) is 8.44. The molecule has 1 aromatic heterocycles. The summed E-state index contributed by atoms with van der Waals surface area (Å²) >= 11 is 0. The van der Waals surface area contributed by atoms with Crippen molar-refractivity contribution < 1.29 is 18.3 Å². The molecular weight excluding hydrogens is 466 g/mol. The molecule has 10 heteroatoms. The standard InChI is InChI=1S/C26H24F2N6O2/c27-17-2-1-3-18(12-17)32-26(35)33-19-4-6-22(28)25(13-19)36-21-5-7-23-24(14-21)31-20(15-30-23)16-34-10-8-29-9-11-34/h1-7,12-15,29H,8-11,16H2,(H2,32,33,35). The highest BCUT2D eigenvalue weighted by atomic mass is 19.1. The second-order valence-electron chi connectivity index (χ2n) is 8.37. The third-order valence-electron chi connectivity index (χ3n) is 5.66. The highest BCUT2D eigenvalue weighted by Gasteiger charge is 2.13. The van der Waals surface area contributed by atoms with Crippen LogP contribution >= 0.6 is 0 Å². The van der Waals surface area contributed by atoms with Crippen LogP contribution in [0.5, 0.6) is 11.5 Å². The van der Waals surface area contributed by atoms with Gasteiger partial charge >= 0.3 is 6.03 Å². The number of aromatic nitrogens is 2. The second-order valence-corrected chi connectivity index (χ2v) is 8.37. The summed E-state index contributed by atoms with van der Waals surface area (Å²) in [6, 6.07) is 14.0. The Morgan fingerprint density at radius 1 is 0.972 bits per heavy atom. The molecule has 0 atom stereocenters. The highest BCUT2D eigenvalue weighted by Crippen LogP contribution is 2.29. The Hall–Kier alpha value is -4.15. The Morgan fingerprint density at radius 3 is 2.58 bits per heavy atom. The van der Waals surface area contributed by atoms with E-state index in [9.17, 15) is 13.6 Å². The Labute approximate surface area is 206 Å². The van der Waals surface area contributed by atoms with Crippen molar-refractivity contribution in [3.05, 3.63) is 84.2 Å². The van der Waals surface area contributed by atoms with Crippen molar-refractivity contribution in [2.75, 3.05) is 36.8 Å². The number of carbonyl (C=O) groups excluding carboxylic acids is 1. The van der Waals surface area contributed by atoms with E-state index in [0.29, 0.717) is 34.7 Å². The van der Waals surface area contributed by atoms with Crippen molar-refractivity contribution in [1.29, 1.82) is 0 Å². The quantitative estimate of drug-likeness (QED) is 0.361. The van der Waals surface area contributed by atoms with Gasteiger partial charge in [-0.3, -0.25) is 9.88 Å². The molecule has 0 aliphatic carbocycles. The lowest BCUT2D eigenvalue weighted by atomic mass is 10.2. The van der Waals surface area contributed by atoms with Gasteiger partial charge in [-0.25, -0.2) is 18.6 Å². The molecule has 184 valence electrons. The number of piperazine rings is 1. The van der Waals surface area contributed by atoms with E-state index in [4.69, 9.17) is 9.72 Å². The van der Waals surface area contributed by atoms with Gasteiger partial charge in [0, 0.05) is 56.2 Å². The molecule has 3 aromatic carbocycles. The van der Waals surface area contributed by atoms with Crippen LogP contribution in [0, 0.1) is 11.6 Å². The summed E-state index contributed by atoms with van der Waals surface area (Å²) in [6.07, 6.45) is 1.77. The summed E-state index contributed by atoms with van der Waals surface area (Å²) in [4.78, 5) is 23.8. The summed E-state index contributed by atoms with van der Waals surface area (Å²) in [5.74, 6) is -0.745. The lowest BCUT2D eigenvalue weighted by Gasteiger charge is -2.26. The first-order chi connectivity index (χ1) is 17.5. The molecule has 1 fully saturated rings. The van der Waals surface area contributed by atoms with Gasteiger partial charge in [-0.15, -0.1) is 0 Å². The number of nitrogens with one attached hydrogen (secondary N) is 3. The van der Waals surface area contributed by atoms with Crippen LogP contribution < -0.4 is 20.7 Å². The Balaban J connectivity index is 1.29. The molecule has 36 heavy (non-hydrogen) atoms. The largest absolute Gasteiger partial charge is 0.454 e. The van der Waals surface area contributed by atoms with Crippen LogP contribution in [0.4, 0.5) is 25.0 Å². The van der Waals surface area contributed by atoms with Crippen LogP contribution in [0.25, 0.3) is 11.0 Å². The van der Waals surface area contributed by atoms with Gasteiger partial charge in [0.1, 0.15) is 11.6 Å². The molecule has 4 aromatic rings. The fourth-order valence-corrected chi connectivity index (χ4v) is 3.91. The summed E-state index contributed by atoms with van der Waals surface area (Å²) in [6.45, 7) is 4.51. The Bertz CT molecular complexity index is 1390. The van der Waals surface area contributed by atoms with E-state index in [1.165, 1.54) is 36.4 Å². The molecule has 3 N–H and O–H groups in total. The van der Waals surface area contributed by atoms with E-state index in [-0.39, 0.29) is 5.75 Å². The molecule has 0 spiro atoms. The topological polar surface area (TPSA) is 91.4 Å². The van der Waals surface area contributed by atoms with Crippen LogP contribution in [0.2, 0.25) is 0 Å². The number of rotatable bonds is 6. The molecule has 1 aliphatic heterocycles. The molecule has 5 rings (SSSR count). The fraction of sp³-hybridized carbons (Fsp3) is 0.192. The molecule has 0 radical (unpaired) electrons. The van der Waals surface area contributed by atoms with Crippen LogP contribution in [0.15, 0.2) is 66.9 Å². The van der Waals surface area contributed by atoms with Gasteiger partial charge in [-0.05, 0) is 42.5 Å². The van der Waals surface area contributed by atoms with Crippen molar-refractivity contribution >= 4 is 28.4 Å². The SMILES string of the molecule is O=C(Nc1cccc(F)c1)Nc1ccc(F)c(Oc2ccc3ncc(CN4CCNCC4)nc3c2)c1. The molecule has 0 unspecified atom stereocenters. The second kappa shape index (κ2) is 10.6. The van der Waals surface area contributed by atoms with Crippen molar-refractivity contribution in [2.45, 2.75) is 6.54 Å². The van der Waals surface area contributed by atoms with E-state index < -0.39 is 17.7 Å². The predicted molar refractivity (Wildman–Crippen MR) is 133 cm³/mol. The Morgan fingerprint density at radius 2 is 1.78 bits per heavy atom. The minimum atomic E-state index is -0.601. The molecule has 2 amide bonds. The van der Waals surface area contributed by atoms with Gasteiger partial charge in [-0.2, -0.15) is 0 Å². The normalized spacial score (nSPS) is 13.9. The lowest BCUT2D eigenvalue weighted by molar-refractivity contribution is 0.230. The first kappa shape index (κ1) is 23.6. The molecule has 0 saturated carbocycles. The number of urea groups is 1. The monoisotopic (exact) mass is 490 g/mol. The number of hydrogen-bond acceptors (Lipinski definition) is 6. The van der Waals surface area contributed by atoms with Crippen LogP contribution in [0.3, 0.4) is 0 Å². The van der Waals surface area contributed by atoms with Crippen molar-refractivity contribution in [3.8, 4) is 11.5 Å². The average Bonchev–Trinajstić information content (AvgIpc) is 2.86. The summed E-state index contributed by atoms with van der Waals surface area (Å²) < 4.78 is 33.6. The van der Waals surface area contributed by atoms with Gasteiger partial charge in [0.2, 0.25) is 0 Å². The molecule has 2 heterocycles. The number of ether oxygens (including phenoxy) is 1. The fourth-order valence-electron chi connectivity index (χ4n) is 3.91. The number of hydrogen-bond donors (Lipinski definition) is 3. The number of carbonyl (C=O) groups is 1. The number of amides is 2. The zero-order chi connectivity index (χ0) is 24.9. The van der Waals surface area contributed by atoms with Gasteiger partial charge in [0.25, 0.3) is 0 Å². The molecule has 1 saturated heterocycles. The first-order valence-electron chi connectivity index (χ1n) is 11.5. The Kier molecular flexibility index (Phi) is 6.96.